The molecule has 0 saturated carbocycles. The van der Waals surface area contributed by atoms with Gasteiger partial charge in [0, 0.05) is 5.56 Å². The molecular formula is C12H12N2O3. The summed E-state index contributed by atoms with van der Waals surface area (Å²) in [5.74, 6) is 0.729. The van der Waals surface area contributed by atoms with Gasteiger partial charge in [-0.3, -0.25) is 0 Å². The quantitative estimate of drug-likeness (QED) is 0.855. The minimum atomic E-state index is -0.717. The topological polar surface area (TPSA) is 68.4 Å². The Morgan fingerprint density at radius 2 is 2.12 bits per heavy atom. The van der Waals surface area contributed by atoms with Gasteiger partial charge in [-0.25, -0.2) is 0 Å². The van der Waals surface area contributed by atoms with Gasteiger partial charge in [0.2, 0.25) is 0 Å². The third kappa shape index (κ3) is 1.83. The number of benzene rings is 1. The molecule has 3 rings (SSSR count). The normalized spacial score (nSPS) is 15.9. The van der Waals surface area contributed by atoms with E-state index in [2.05, 4.69) is 10.1 Å². The van der Waals surface area contributed by atoms with E-state index in [-0.39, 0.29) is 0 Å². The zero-order valence-corrected chi connectivity index (χ0v) is 9.38. The molecule has 0 radical (unpaired) electrons. The molecule has 1 atom stereocenters. The summed E-state index contributed by atoms with van der Waals surface area (Å²) < 4.78 is 10.5. The van der Waals surface area contributed by atoms with Crippen LogP contribution in [0.4, 0.5) is 0 Å². The maximum Gasteiger partial charge on any atom is 0.258 e. The van der Waals surface area contributed by atoms with Crippen molar-refractivity contribution in [2.24, 2.45) is 0 Å². The van der Waals surface area contributed by atoms with Crippen LogP contribution in [0.5, 0.6) is 0 Å². The standard InChI is InChI=1S/C12H12N2O3/c1-7(15)11-13-12(17-14-11)8-2-3-9-5-16-6-10(9)4-8/h2-4,7,15H,5-6H2,1H3. The van der Waals surface area contributed by atoms with E-state index < -0.39 is 6.10 Å². The summed E-state index contributed by atoms with van der Waals surface area (Å²) in [6.07, 6.45) is -0.717. The Balaban J connectivity index is 1.97. The summed E-state index contributed by atoms with van der Waals surface area (Å²) >= 11 is 0. The number of aliphatic hydroxyl groups excluding tert-OH is 1. The summed E-state index contributed by atoms with van der Waals surface area (Å²) in [5.41, 5.74) is 3.21. The Hall–Kier alpha value is -1.72. The van der Waals surface area contributed by atoms with Crippen LogP contribution in [-0.2, 0) is 18.0 Å². The van der Waals surface area contributed by atoms with Gasteiger partial charge < -0.3 is 14.4 Å². The maximum atomic E-state index is 9.33. The summed E-state index contributed by atoms with van der Waals surface area (Å²) in [6, 6.07) is 5.92. The number of hydrogen-bond donors (Lipinski definition) is 1. The van der Waals surface area contributed by atoms with Gasteiger partial charge in [0.25, 0.3) is 5.89 Å². The highest BCUT2D eigenvalue weighted by atomic mass is 16.5. The molecule has 0 bridgehead atoms. The predicted octanol–water partition coefficient (Wildman–Crippen LogP) is 1.82. The summed E-state index contributed by atoms with van der Waals surface area (Å²) in [7, 11) is 0. The van der Waals surface area contributed by atoms with Crippen LogP contribution in [-0.4, -0.2) is 15.2 Å². The van der Waals surface area contributed by atoms with Crippen molar-refractivity contribution in [3.8, 4) is 11.5 Å². The van der Waals surface area contributed by atoms with E-state index in [0.29, 0.717) is 24.9 Å². The number of fused-ring (bicyclic) bond motifs is 1. The molecule has 0 saturated heterocycles. The monoisotopic (exact) mass is 232 g/mol. The van der Waals surface area contributed by atoms with Crippen molar-refractivity contribution in [3.63, 3.8) is 0 Å². The van der Waals surface area contributed by atoms with Gasteiger partial charge in [-0.15, -0.1) is 0 Å². The Labute approximate surface area is 98.0 Å². The highest BCUT2D eigenvalue weighted by molar-refractivity contribution is 5.56. The SMILES string of the molecule is CC(O)c1noc(-c2ccc3c(c2)COC3)n1. The first-order chi connectivity index (χ1) is 8.24. The largest absolute Gasteiger partial charge is 0.385 e. The zero-order valence-electron chi connectivity index (χ0n) is 9.38. The molecule has 1 aliphatic heterocycles. The lowest BCUT2D eigenvalue weighted by Crippen LogP contribution is -1.93. The highest BCUT2D eigenvalue weighted by Crippen LogP contribution is 2.26. The average Bonchev–Trinajstić information content (AvgIpc) is 2.97. The van der Waals surface area contributed by atoms with Crippen LogP contribution in [0.3, 0.4) is 0 Å². The first-order valence-electron chi connectivity index (χ1n) is 5.45. The molecule has 1 aromatic carbocycles. The van der Waals surface area contributed by atoms with Crippen LogP contribution in [0.15, 0.2) is 22.7 Å². The fourth-order valence-electron chi connectivity index (χ4n) is 1.83. The van der Waals surface area contributed by atoms with E-state index in [4.69, 9.17) is 9.26 Å². The Morgan fingerprint density at radius 3 is 2.88 bits per heavy atom. The van der Waals surface area contributed by atoms with E-state index in [1.54, 1.807) is 6.92 Å². The molecular weight excluding hydrogens is 220 g/mol. The molecule has 1 N–H and O–H groups in total. The number of hydrogen-bond acceptors (Lipinski definition) is 5. The van der Waals surface area contributed by atoms with Crippen molar-refractivity contribution in [1.29, 1.82) is 0 Å². The van der Waals surface area contributed by atoms with Crippen molar-refractivity contribution in [3.05, 3.63) is 35.2 Å². The maximum absolute atomic E-state index is 9.33. The van der Waals surface area contributed by atoms with Gasteiger partial charge in [0.1, 0.15) is 6.10 Å². The molecule has 2 aromatic rings. The molecule has 1 aliphatic rings. The number of aromatic nitrogens is 2. The van der Waals surface area contributed by atoms with Crippen LogP contribution in [0.2, 0.25) is 0 Å². The molecule has 0 spiro atoms. The molecule has 5 nitrogen and oxygen atoms in total. The molecule has 88 valence electrons. The molecule has 0 amide bonds. The van der Waals surface area contributed by atoms with Crippen molar-refractivity contribution >= 4 is 0 Å². The second-order valence-electron chi connectivity index (χ2n) is 4.11. The molecule has 1 aromatic heterocycles. The summed E-state index contributed by atoms with van der Waals surface area (Å²) in [5, 5.41) is 13.1. The third-order valence-corrected chi connectivity index (χ3v) is 2.78. The number of nitrogens with zero attached hydrogens (tertiary/aromatic N) is 2. The van der Waals surface area contributed by atoms with Crippen LogP contribution >= 0.6 is 0 Å². The summed E-state index contributed by atoms with van der Waals surface area (Å²) in [4.78, 5) is 4.14. The van der Waals surface area contributed by atoms with E-state index in [1.807, 2.05) is 18.2 Å². The van der Waals surface area contributed by atoms with Crippen LogP contribution in [0, 0.1) is 0 Å². The fourth-order valence-corrected chi connectivity index (χ4v) is 1.83. The van der Waals surface area contributed by atoms with Crippen LogP contribution < -0.4 is 0 Å². The second-order valence-corrected chi connectivity index (χ2v) is 4.11. The fraction of sp³-hybridized carbons (Fsp3) is 0.333. The highest BCUT2D eigenvalue weighted by Gasteiger charge is 2.16. The van der Waals surface area contributed by atoms with Gasteiger partial charge in [-0.1, -0.05) is 11.2 Å². The average molecular weight is 232 g/mol. The molecule has 2 heterocycles. The van der Waals surface area contributed by atoms with Gasteiger partial charge in [0.05, 0.1) is 13.2 Å². The molecule has 0 fully saturated rings. The van der Waals surface area contributed by atoms with Gasteiger partial charge in [-0.05, 0) is 30.2 Å². The van der Waals surface area contributed by atoms with E-state index in [9.17, 15) is 5.11 Å². The zero-order chi connectivity index (χ0) is 11.8. The number of aliphatic hydroxyl groups is 1. The number of rotatable bonds is 2. The minimum Gasteiger partial charge on any atom is -0.385 e. The van der Waals surface area contributed by atoms with Gasteiger partial charge in [-0.2, -0.15) is 4.98 Å². The van der Waals surface area contributed by atoms with Crippen molar-refractivity contribution in [1.82, 2.24) is 10.1 Å². The Bertz CT molecular complexity index is 548. The smallest absolute Gasteiger partial charge is 0.258 e. The Kier molecular flexibility index (Phi) is 2.42. The van der Waals surface area contributed by atoms with E-state index in [0.717, 1.165) is 11.1 Å². The van der Waals surface area contributed by atoms with Crippen LogP contribution in [0.25, 0.3) is 11.5 Å². The first-order valence-corrected chi connectivity index (χ1v) is 5.45. The van der Waals surface area contributed by atoms with E-state index in [1.165, 1.54) is 5.56 Å². The molecule has 1 unspecified atom stereocenters. The lowest BCUT2D eigenvalue weighted by molar-refractivity contribution is 0.134. The summed E-state index contributed by atoms with van der Waals surface area (Å²) in [6.45, 7) is 2.89. The molecule has 0 aliphatic carbocycles. The van der Waals surface area contributed by atoms with Crippen LogP contribution in [0.1, 0.15) is 30.0 Å². The van der Waals surface area contributed by atoms with Crippen molar-refractivity contribution < 1.29 is 14.4 Å². The van der Waals surface area contributed by atoms with E-state index >= 15 is 0 Å². The molecule has 5 heteroatoms. The lowest BCUT2D eigenvalue weighted by Gasteiger charge is -1.98. The Morgan fingerprint density at radius 1 is 1.29 bits per heavy atom. The third-order valence-electron chi connectivity index (χ3n) is 2.78. The van der Waals surface area contributed by atoms with Gasteiger partial charge >= 0.3 is 0 Å². The lowest BCUT2D eigenvalue weighted by atomic mass is 10.1. The second kappa shape index (κ2) is 3.94. The van der Waals surface area contributed by atoms with Gasteiger partial charge in [0.15, 0.2) is 5.82 Å². The molecule has 17 heavy (non-hydrogen) atoms. The minimum absolute atomic E-state index is 0.303. The van der Waals surface area contributed by atoms with Crippen molar-refractivity contribution in [2.45, 2.75) is 26.2 Å². The number of ether oxygens (including phenoxy) is 1. The van der Waals surface area contributed by atoms with Crippen molar-refractivity contribution in [2.75, 3.05) is 0 Å². The predicted molar refractivity (Wildman–Crippen MR) is 58.9 cm³/mol. The first kappa shape index (κ1) is 10.4.